The van der Waals surface area contributed by atoms with Crippen LogP contribution in [0, 0.1) is 6.92 Å². The van der Waals surface area contributed by atoms with Gasteiger partial charge in [0.1, 0.15) is 0 Å². The summed E-state index contributed by atoms with van der Waals surface area (Å²) in [4.78, 5) is 25.3. The molecule has 114 valence electrons. The zero-order valence-electron chi connectivity index (χ0n) is 12.3. The van der Waals surface area contributed by atoms with Crippen molar-refractivity contribution in [2.24, 2.45) is 0 Å². The van der Waals surface area contributed by atoms with Gasteiger partial charge in [-0.05, 0) is 44.7 Å². The second-order valence-electron chi connectivity index (χ2n) is 5.67. The number of carbonyl (C=O) groups excluding carboxylic acids is 1. The number of anilines is 1. The van der Waals surface area contributed by atoms with Gasteiger partial charge >= 0.3 is 5.97 Å². The minimum Gasteiger partial charge on any atom is -0.481 e. The van der Waals surface area contributed by atoms with E-state index >= 15 is 0 Å². The van der Waals surface area contributed by atoms with Gasteiger partial charge in [0.25, 0.3) is 5.91 Å². The number of aliphatic carboxylic acids is 1. The van der Waals surface area contributed by atoms with Crippen molar-refractivity contribution < 1.29 is 14.7 Å². The van der Waals surface area contributed by atoms with Gasteiger partial charge in [-0.25, -0.2) is 0 Å². The molecule has 1 aliphatic rings. The van der Waals surface area contributed by atoms with Crippen molar-refractivity contribution in [1.82, 2.24) is 4.90 Å². The number of hydrogen-bond acceptors (Lipinski definition) is 3. The number of nitrogens with zero attached hydrogens (tertiary/aromatic N) is 1. The van der Waals surface area contributed by atoms with Gasteiger partial charge in [0.15, 0.2) is 0 Å². The highest BCUT2D eigenvalue weighted by Crippen LogP contribution is 2.25. The van der Waals surface area contributed by atoms with Crippen LogP contribution < -0.4 is 5.73 Å². The van der Waals surface area contributed by atoms with Gasteiger partial charge in [-0.2, -0.15) is 0 Å². The number of piperidine rings is 1. The third-order valence-corrected chi connectivity index (χ3v) is 4.02. The summed E-state index contributed by atoms with van der Waals surface area (Å²) in [5.74, 6) is -0.894. The molecule has 1 fully saturated rings. The minimum absolute atomic E-state index is 0.00209. The molecule has 0 aliphatic carbocycles. The zero-order valence-corrected chi connectivity index (χ0v) is 12.3. The predicted molar refractivity (Wildman–Crippen MR) is 81.1 cm³/mol. The molecule has 1 heterocycles. The number of benzene rings is 1. The quantitative estimate of drug-likeness (QED) is 0.834. The first-order valence-electron chi connectivity index (χ1n) is 7.38. The Balaban J connectivity index is 2.18. The molecule has 1 atom stereocenters. The number of nitrogens with two attached hydrogens (primary N) is 1. The second-order valence-corrected chi connectivity index (χ2v) is 5.67. The molecule has 0 saturated carbocycles. The normalized spacial score (nSPS) is 18.5. The summed E-state index contributed by atoms with van der Waals surface area (Å²) >= 11 is 0. The van der Waals surface area contributed by atoms with Gasteiger partial charge in [0.05, 0.1) is 5.56 Å². The zero-order chi connectivity index (χ0) is 15.4. The van der Waals surface area contributed by atoms with Crippen LogP contribution >= 0.6 is 0 Å². The van der Waals surface area contributed by atoms with Crippen LogP contribution in [0.2, 0.25) is 0 Å². The largest absolute Gasteiger partial charge is 0.481 e. The van der Waals surface area contributed by atoms with Gasteiger partial charge in [0, 0.05) is 24.7 Å². The van der Waals surface area contributed by atoms with E-state index in [1.165, 1.54) is 0 Å². The third kappa shape index (κ3) is 3.74. The molecule has 5 heteroatoms. The first-order valence-corrected chi connectivity index (χ1v) is 7.38. The molecule has 1 aromatic rings. The molecule has 3 N–H and O–H groups in total. The van der Waals surface area contributed by atoms with Crippen LogP contribution in [0.1, 0.15) is 48.0 Å². The number of rotatable bonds is 4. The Morgan fingerprint density at radius 3 is 2.86 bits per heavy atom. The minimum atomic E-state index is -0.817. The molecule has 0 bridgehead atoms. The summed E-state index contributed by atoms with van der Waals surface area (Å²) in [7, 11) is 0. The molecule has 1 aromatic carbocycles. The lowest BCUT2D eigenvalue weighted by molar-refractivity contribution is -0.137. The molecule has 1 amide bonds. The lowest BCUT2D eigenvalue weighted by Gasteiger charge is -2.36. The van der Waals surface area contributed by atoms with Crippen molar-refractivity contribution in [3.63, 3.8) is 0 Å². The Hall–Kier alpha value is -2.04. The molecule has 5 nitrogen and oxygen atoms in total. The van der Waals surface area contributed by atoms with E-state index in [0.717, 1.165) is 24.8 Å². The number of amides is 1. The van der Waals surface area contributed by atoms with Crippen LogP contribution in [-0.2, 0) is 4.79 Å². The smallest absolute Gasteiger partial charge is 0.303 e. The topological polar surface area (TPSA) is 83.6 Å². The van der Waals surface area contributed by atoms with E-state index in [2.05, 4.69) is 0 Å². The average Bonchev–Trinajstić information content (AvgIpc) is 2.47. The van der Waals surface area contributed by atoms with Crippen molar-refractivity contribution in [3.05, 3.63) is 29.3 Å². The molecule has 2 rings (SSSR count). The van der Waals surface area contributed by atoms with Crippen molar-refractivity contribution in [1.29, 1.82) is 0 Å². The Bertz CT molecular complexity index is 542. The Labute approximate surface area is 124 Å². The first-order chi connectivity index (χ1) is 9.99. The van der Waals surface area contributed by atoms with Crippen LogP contribution in [0.15, 0.2) is 18.2 Å². The van der Waals surface area contributed by atoms with Gasteiger partial charge in [0.2, 0.25) is 0 Å². The average molecular weight is 290 g/mol. The molecule has 1 unspecified atom stereocenters. The van der Waals surface area contributed by atoms with Crippen LogP contribution in [-0.4, -0.2) is 34.5 Å². The summed E-state index contributed by atoms with van der Waals surface area (Å²) in [5.41, 5.74) is 7.92. The van der Waals surface area contributed by atoms with Gasteiger partial charge in [-0.3, -0.25) is 9.59 Å². The highest BCUT2D eigenvalue weighted by Gasteiger charge is 2.28. The maximum atomic E-state index is 12.7. The molecule has 1 aliphatic heterocycles. The number of aryl methyl sites for hydroxylation is 1. The summed E-state index contributed by atoms with van der Waals surface area (Å²) < 4.78 is 0. The molecular formula is C16H22N2O3. The van der Waals surface area contributed by atoms with E-state index in [0.29, 0.717) is 24.2 Å². The van der Waals surface area contributed by atoms with Crippen molar-refractivity contribution in [2.45, 2.75) is 45.1 Å². The fourth-order valence-electron chi connectivity index (χ4n) is 2.87. The van der Waals surface area contributed by atoms with Crippen molar-refractivity contribution in [2.75, 3.05) is 12.3 Å². The van der Waals surface area contributed by atoms with Crippen LogP contribution in [0.3, 0.4) is 0 Å². The molecule has 21 heavy (non-hydrogen) atoms. The van der Waals surface area contributed by atoms with E-state index < -0.39 is 5.97 Å². The number of carboxylic acid groups (broad SMARTS) is 1. The summed E-state index contributed by atoms with van der Waals surface area (Å²) in [6, 6.07) is 5.44. The van der Waals surface area contributed by atoms with Gasteiger partial charge < -0.3 is 15.7 Å². The van der Waals surface area contributed by atoms with E-state index in [1.807, 2.05) is 13.0 Å². The van der Waals surface area contributed by atoms with E-state index in [1.54, 1.807) is 17.0 Å². The van der Waals surface area contributed by atoms with Crippen LogP contribution in [0.5, 0.6) is 0 Å². The van der Waals surface area contributed by atoms with Crippen LogP contribution in [0.4, 0.5) is 5.69 Å². The van der Waals surface area contributed by atoms with Gasteiger partial charge in [-0.1, -0.05) is 11.6 Å². The maximum absolute atomic E-state index is 12.7. The Morgan fingerprint density at radius 2 is 2.14 bits per heavy atom. The standard InChI is InChI=1S/C16H22N2O3/c1-11-5-7-14(17)13(10-11)16(21)18-9-3-2-4-12(18)6-8-15(19)20/h5,7,10,12H,2-4,6,8-9,17H2,1H3,(H,19,20). The monoisotopic (exact) mass is 290 g/mol. The Morgan fingerprint density at radius 1 is 1.38 bits per heavy atom. The van der Waals surface area contributed by atoms with E-state index in [9.17, 15) is 9.59 Å². The lowest BCUT2D eigenvalue weighted by atomic mass is 9.96. The molecule has 0 spiro atoms. The first kappa shape index (κ1) is 15.4. The molecule has 0 radical (unpaired) electrons. The number of nitrogen functional groups attached to an aromatic ring is 1. The number of hydrogen-bond donors (Lipinski definition) is 2. The highest BCUT2D eigenvalue weighted by molar-refractivity contribution is 5.99. The third-order valence-electron chi connectivity index (χ3n) is 4.02. The summed E-state index contributed by atoms with van der Waals surface area (Å²) in [5, 5.41) is 8.84. The lowest BCUT2D eigenvalue weighted by Crippen LogP contribution is -2.44. The van der Waals surface area contributed by atoms with E-state index in [-0.39, 0.29) is 18.4 Å². The highest BCUT2D eigenvalue weighted by atomic mass is 16.4. The maximum Gasteiger partial charge on any atom is 0.303 e. The fraction of sp³-hybridized carbons (Fsp3) is 0.500. The van der Waals surface area contributed by atoms with Crippen LogP contribution in [0.25, 0.3) is 0 Å². The number of likely N-dealkylation sites (tertiary alicyclic amines) is 1. The van der Waals surface area contributed by atoms with Crippen molar-refractivity contribution >= 4 is 17.6 Å². The second kappa shape index (κ2) is 6.61. The number of carbonyl (C=O) groups is 2. The Kier molecular flexibility index (Phi) is 4.83. The van der Waals surface area contributed by atoms with Crippen molar-refractivity contribution in [3.8, 4) is 0 Å². The summed E-state index contributed by atoms with van der Waals surface area (Å²) in [6.45, 7) is 2.60. The number of carboxylic acids is 1. The molecule has 1 saturated heterocycles. The van der Waals surface area contributed by atoms with E-state index in [4.69, 9.17) is 10.8 Å². The predicted octanol–water partition coefficient (Wildman–Crippen LogP) is 2.44. The summed E-state index contributed by atoms with van der Waals surface area (Å²) in [6.07, 6.45) is 3.47. The SMILES string of the molecule is Cc1ccc(N)c(C(=O)N2CCCCC2CCC(=O)O)c1. The molecular weight excluding hydrogens is 268 g/mol. The fourth-order valence-corrected chi connectivity index (χ4v) is 2.87. The molecule has 0 aromatic heterocycles. The van der Waals surface area contributed by atoms with Gasteiger partial charge in [-0.15, -0.1) is 0 Å².